The molecule has 0 bridgehead atoms. The molecular weight excluding hydrogens is 230 g/mol. The zero-order chi connectivity index (χ0) is 12.5. The van der Waals surface area contributed by atoms with E-state index in [1.807, 2.05) is 0 Å². The molecule has 1 aromatic carbocycles. The van der Waals surface area contributed by atoms with Gasteiger partial charge in [-0.3, -0.25) is 0 Å². The Bertz CT molecular complexity index is 534. The van der Waals surface area contributed by atoms with E-state index in [0.717, 1.165) is 6.26 Å². The maximum atomic E-state index is 11.4. The van der Waals surface area contributed by atoms with E-state index in [1.54, 1.807) is 6.92 Å². The number of benzene rings is 1. The zero-order valence-electron chi connectivity index (χ0n) is 9.27. The molecule has 0 aliphatic heterocycles. The lowest BCUT2D eigenvalue weighted by molar-refractivity contribution is 0.0599. The van der Waals surface area contributed by atoms with Crippen LogP contribution in [0.3, 0.4) is 0 Å². The van der Waals surface area contributed by atoms with Crippen molar-refractivity contribution in [3.8, 4) is 0 Å². The molecule has 0 atom stereocenters. The highest BCUT2D eigenvalue weighted by atomic mass is 32.2. The van der Waals surface area contributed by atoms with Crippen molar-refractivity contribution < 1.29 is 17.9 Å². The summed E-state index contributed by atoms with van der Waals surface area (Å²) in [5.74, 6) is -0.602. The van der Waals surface area contributed by atoms with Crippen molar-refractivity contribution in [1.82, 2.24) is 0 Å². The molecule has 1 aromatic rings. The van der Waals surface area contributed by atoms with Crippen LogP contribution in [0.2, 0.25) is 0 Å². The first-order chi connectivity index (χ1) is 7.27. The van der Waals surface area contributed by atoms with Crippen LogP contribution in [-0.2, 0) is 14.6 Å². The zero-order valence-corrected chi connectivity index (χ0v) is 10.1. The standard InChI is InChI=1S/C10H13NO4S/c1-6-8(10(12)15-2)4-7(5-9(6)11)16(3,13)14/h4-5H,11H2,1-3H3. The Labute approximate surface area is 94.1 Å². The SMILES string of the molecule is COC(=O)c1cc(S(C)(=O)=O)cc(N)c1C. The Kier molecular flexibility index (Phi) is 3.23. The van der Waals surface area contributed by atoms with Crippen LogP contribution in [0.15, 0.2) is 17.0 Å². The molecule has 0 saturated heterocycles. The van der Waals surface area contributed by atoms with Gasteiger partial charge in [-0.05, 0) is 24.6 Å². The number of hydrogen-bond donors (Lipinski definition) is 1. The number of hydrogen-bond acceptors (Lipinski definition) is 5. The minimum absolute atomic E-state index is 0.0102. The highest BCUT2D eigenvalue weighted by molar-refractivity contribution is 7.90. The Morgan fingerprint density at radius 2 is 1.94 bits per heavy atom. The lowest BCUT2D eigenvalue weighted by Gasteiger charge is -2.09. The van der Waals surface area contributed by atoms with Crippen molar-refractivity contribution in [1.29, 1.82) is 0 Å². The number of rotatable bonds is 2. The predicted molar refractivity (Wildman–Crippen MR) is 60.0 cm³/mol. The van der Waals surface area contributed by atoms with Crippen molar-refractivity contribution in [2.45, 2.75) is 11.8 Å². The molecule has 88 valence electrons. The number of anilines is 1. The topological polar surface area (TPSA) is 86.5 Å². The molecule has 0 aliphatic carbocycles. The average Bonchev–Trinajstić information content (AvgIpc) is 2.19. The van der Waals surface area contributed by atoms with Gasteiger partial charge in [-0.25, -0.2) is 13.2 Å². The summed E-state index contributed by atoms with van der Waals surface area (Å²) in [6.45, 7) is 1.63. The lowest BCUT2D eigenvalue weighted by atomic mass is 10.1. The van der Waals surface area contributed by atoms with Crippen molar-refractivity contribution in [2.24, 2.45) is 0 Å². The molecule has 1 rings (SSSR count). The summed E-state index contributed by atoms with van der Waals surface area (Å²) in [6.07, 6.45) is 1.05. The molecule has 0 spiro atoms. The Morgan fingerprint density at radius 3 is 2.38 bits per heavy atom. The number of carbonyl (C=O) groups is 1. The van der Waals surface area contributed by atoms with Crippen molar-refractivity contribution in [2.75, 3.05) is 19.1 Å². The Morgan fingerprint density at radius 1 is 1.38 bits per heavy atom. The maximum absolute atomic E-state index is 11.4. The van der Waals surface area contributed by atoms with Gasteiger partial charge in [0.1, 0.15) is 0 Å². The smallest absolute Gasteiger partial charge is 0.338 e. The second-order valence-electron chi connectivity index (χ2n) is 3.45. The van der Waals surface area contributed by atoms with E-state index in [4.69, 9.17) is 5.73 Å². The highest BCUT2D eigenvalue weighted by Crippen LogP contribution is 2.22. The van der Waals surface area contributed by atoms with Gasteiger partial charge in [0.25, 0.3) is 0 Å². The summed E-state index contributed by atoms with van der Waals surface area (Å²) in [6, 6.07) is 2.60. The van der Waals surface area contributed by atoms with E-state index in [0.29, 0.717) is 5.56 Å². The first kappa shape index (κ1) is 12.5. The molecule has 0 saturated carbocycles. The molecule has 0 aliphatic rings. The summed E-state index contributed by atoms with van der Waals surface area (Å²) in [4.78, 5) is 11.4. The van der Waals surface area contributed by atoms with Gasteiger partial charge >= 0.3 is 5.97 Å². The number of nitrogen functional groups attached to an aromatic ring is 1. The fourth-order valence-corrected chi connectivity index (χ4v) is 1.92. The minimum Gasteiger partial charge on any atom is -0.465 e. The Hall–Kier alpha value is -1.56. The third-order valence-electron chi connectivity index (χ3n) is 2.25. The third-order valence-corrected chi connectivity index (χ3v) is 3.35. The van der Waals surface area contributed by atoms with Crippen LogP contribution in [-0.4, -0.2) is 27.8 Å². The van der Waals surface area contributed by atoms with E-state index >= 15 is 0 Å². The number of nitrogens with two attached hydrogens (primary N) is 1. The van der Waals surface area contributed by atoms with E-state index in [2.05, 4.69) is 4.74 Å². The van der Waals surface area contributed by atoms with Crippen LogP contribution in [0.25, 0.3) is 0 Å². The number of esters is 1. The Balaban J connectivity index is 3.51. The molecule has 16 heavy (non-hydrogen) atoms. The number of ether oxygens (including phenoxy) is 1. The van der Waals surface area contributed by atoms with Crippen molar-refractivity contribution in [3.05, 3.63) is 23.3 Å². The van der Waals surface area contributed by atoms with E-state index in [9.17, 15) is 13.2 Å². The average molecular weight is 243 g/mol. The van der Waals surface area contributed by atoms with Crippen LogP contribution in [0.4, 0.5) is 5.69 Å². The van der Waals surface area contributed by atoms with Gasteiger partial charge in [0, 0.05) is 11.9 Å². The number of carbonyl (C=O) groups excluding carboxylic acids is 1. The molecule has 0 fully saturated rings. The molecule has 0 radical (unpaired) electrons. The largest absolute Gasteiger partial charge is 0.465 e. The molecule has 0 aromatic heterocycles. The van der Waals surface area contributed by atoms with Gasteiger partial charge in [0.15, 0.2) is 9.84 Å². The molecule has 0 heterocycles. The second kappa shape index (κ2) is 4.13. The normalized spacial score (nSPS) is 11.2. The lowest BCUT2D eigenvalue weighted by Crippen LogP contribution is -2.09. The minimum atomic E-state index is -3.39. The van der Waals surface area contributed by atoms with Crippen molar-refractivity contribution >= 4 is 21.5 Å². The first-order valence-electron chi connectivity index (χ1n) is 4.46. The van der Waals surface area contributed by atoms with Gasteiger partial charge in [-0.2, -0.15) is 0 Å². The van der Waals surface area contributed by atoms with Crippen LogP contribution in [0.5, 0.6) is 0 Å². The molecule has 5 nitrogen and oxygen atoms in total. The van der Waals surface area contributed by atoms with Gasteiger partial charge in [0.05, 0.1) is 17.6 Å². The van der Waals surface area contributed by atoms with Crippen LogP contribution in [0, 0.1) is 6.92 Å². The third kappa shape index (κ3) is 2.33. The summed E-state index contributed by atoms with van der Waals surface area (Å²) in [5, 5.41) is 0. The van der Waals surface area contributed by atoms with Gasteiger partial charge in [0.2, 0.25) is 0 Å². The molecule has 6 heteroatoms. The summed E-state index contributed by atoms with van der Waals surface area (Å²) in [7, 11) is -2.17. The molecular formula is C10H13NO4S. The van der Waals surface area contributed by atoms with Gasteiger partial charge in [-0.15, -0.1) is 0 Å². The summed E-state index contributed by atoms with van der Waals surface area (Å²) < 4.78 is 27.3. The highest BCUT2D eigenvalue weighted by Gasteiger charge is 2.17. The molecule has 2 N–H and O–H groups in total. The quantitative estimate of drug-likeness (QED) is 0.612. The second-order valence-corrected chi connectivity index (χ2v) is 5.46. The number of sulfone groups is 1. The van der Waals surface area contributed by atoms with Crippen molar-refractivity contribution in [3.63, 3.8) is 0 Å². The van der Waals surface area contributed by atoms with Crippen LogP contribution >= 0.6 is 0 Å². The number of methoxy groups -OCH3 is 1. The summed E-state index contributed by atoms with van der Waals surface area (Å²) >= 11 is 0. The fraction of sp³-hybridized carbons (Fsp3) is 0.300. The summed E-state index contributed by atoms with van der Waals surface area (Å²) in [5.41, 5.74) is 6.57. The monoisotopic (exact) mass is 243 g/mol. The van der Waals surface area contributed by atoms with Gasteiger partial charge < -0.3 is 10.5 Å². The first-order valence-corrected chi connectivity index (χ1v) is 6.35. The molecule has 0 unspecified atom stereocenters. The maximum Gasteiger partial charge on any atom is 0.338 e. The van der Waals surface area contributed by atoms with E-state index < -0.39 is 15.8 Å². The van der Waals surface area contributed by atoms with E-state index in [1.165, 1.54) is 19.2 Å². The van der Waals surface area contributed by atoms with Crippen LogP contribution in [0.1, 0.15) is 15.9 Å². The van der Waals surface area contributed by atoms with E-state index in [-0.39, 0.29) is 16.1 Å². The predicted octanol–water partition coefficient (Wildman–Crippen LogP) is 0.767. The molecule has 0 amide bonds. The van der Waals surface area contributed by atoms with Crippen LogP contribution < -0.4 is 5.73 Å². The fourth-order valence-electron chi connectivity index (χ4n) is 1.25. The van der Waals surface area contributed by atoms with Gasteiger partial charge in [-0.1, -0.05) is 0 Å².